The Balaban J connectivity index is 1.85. The minimum atomic E-state index is -4.61. The number of alkyl halides is 3. The van der Waals surface area contributed by atoms with E-state index in [4.69, 9.17) is 4.42 Å². The summed E-state index contributed by atoms with van der Waals surface area (Å²) in [6.45, 7) is 0. The molecule has 0 aliphatic carbocycles. The van der Waals surface area contributed by atoms with Crippen LogP contribution in [0.25, 0.3) is 22.3 Å². The van der Waals surface area contributed by atoms with Crippen LogP contribution in [0.5, 0.6) is 23.0 Å². The minimum absolute atomic E-state index is 0.0294. The number of phenolic OH excluding ortho intramolecular Hbond substituents is 4. The second kappa shape index (κ2) is 7.52. The van der Waals surface area contributed by atoms with Gasteiger partial charge in [-0.2, -0.15) is 13.2 Å². The number of benzene rings is 3. The highest BCUT2D eigenvalue weighted by Crippen LogP contribution is 2.39. The SMILES string of the molecule is O=c1cc(-c2cc(O)c(O)c(Cc3ccccc3C(F)(F)F)c2)oc2cc(O)cc(O)c12. The molecular formula is C23H15F3O6. The number of hydrogen-bond donors (Lipinski definition) is 4. The van der Waals surface area contributed by atoms with Crippen molar-refractivity contribution in [1.29, 1.82) is 0 Å². The van der Waals surface area contributed by atoms with Crippen LogP contribution in [0.1, 0.15) is 16.7 Å². The standard InChI is InChI=1S/C23H15F3O6/c24-23(25,26)15-4-2-1-3-11(15)5-13-6-12(7-18(30)22(13)31)19-10-17(29)21-16(28)8-14(27)9-20(21)32-19/h1-4,6-10,27-28,30-31H,5H2. The Morgan fingerprint density at radius 1 is 0.844 bits per heavy atom. The quantitative estimate of drug-likeness (QED) is 0.335. The van der Waals surface area contributed by atoms with Crippen molar-refractivity contribution in [3.8, 4) is 34.3 Å². The molecule has 6 nitrogen and oxygen atoms in total. The summed E-state index contributed by atoms with van der Waals surface area (Å²) in [6.07, 6.45) is -4.97. The van der Waals surface area contributed by atoms with Gasteiger partial charge in [-0.1, -0.05) is 18.2 Å². The Bertz CT molecular complexity index is 1410. The molecule has 164 valence electrons. The monoisotopic (exact) mass is 444 g/mol. The van der Waals surface area contributed by atoms with E-state index in [-0.39, 0.29) is 45.6 Å². The van der Waals surface area contributed by atoms with Gasteiger partial charge in [0, 0.05) is 35.7 Å². The molecule has 4 N–H and O–H groups in total. The maximum absolute atomic E-state index is 13.3. The van der Waals surface area contributed by atoms with Gasteiger partial charge in [0.2, 0.25) is 0 Å². The second-order valence-electron chi connectivity index (χ2n) is 7.15. The number of hydrogen-bond acceptors (Lipinski definition) is 6. The molecule has 0 spiro atoms. The average molecular weight is 444 g/mol. The lowest BCUT2D eigenvalue weighted by atomic mass is 9.96. The van der Waals surface area contributed by atoms with Gasteiger partial charge in [0.05, 0.1) is 5.56 Å². The van der Waals surface area contributed by atoms with Crippen LogP contribution in [-0.4, -0.2) is 20.4 Å². The Morgan fingerprint density at radius 2 is 1.56 bits per heavy atom. The van der Waals surface area contributed by atoms with Crippen molar-refractivity contribution < 1.29 is 38.0 Å². The zero-order valence-electron chi connectivity index (χ0n) is 16.1. The molecule has 0 aliphatic heterocycles. The zero-order chi connectivity index (χ0) is 23.2. The first-order valence-corrected chi connectivity index (χ1v) is 9.24. The van der Waals surface area contributed by atoms with E-state index in [1.807, 2.05) is 0 Å². The Kier molecular flexibility index (Phi) is 4.96. The van der Waals surface area contributed by atoms with E-state index in [1.165, 1.54) is 24.3 Å². The van der Waals surface area contributed by atoms with Crippen LogP contribution >= 0.6 is 0 Å². The zero-order valence-corrected chi connectivity index (χ0v) is 16.1. The third-order valence-corrected chi connectivity index (χ3v) is 4.95. The number of rotatable bonds is 3. The molecule has 4 rings (SSSR count). The van der Waals surface area contributed by atoms with Crippen molar-refractivity contribution >= 4 is 11.0 Å². The van der Waals surface area contributed by atoms with Crippen LogP contribution in [0.2, 0.25) is 0 Å². The normalized spacial score (nSPS) is 11.7. The van der Waals surface area contributed by atoms with Gasteiger partial charge in [-0.15, -0.1) is 0 Å². The third-order valence-electron chi connectivity index (χ3n) is 4.95. The fourth-order valence-electron chi connectivity index (χ4n) is 3.51. The third kappa shape index (κ3) is 3.80. The molecule has 0 aliphatic rings. The van der Waals surface area contributed by atoms with Gasteiger partial charge >= 0.3 is 6.18 Å². The molecule has 1 aromatic heterocycles. The molecule has 0 saturated heterocycles. The predicted octanol–water partition coefficient (Wildman–Crippen LogP) is 4.89. The molecule has 0 unspecified atom stereocenters. The second-order valence-corrected chi connectivity index (χ2v) is 7.15. The van der Waals surface area contributed by atoms with E-state index in [0.29, 0.717) is 0 Å². The van der Waals surface area contributed by atoms with Crippen molar-refractivity contribution in [3.05, 3.63) is 81.5 Å². The highest BCUT2D eigenvalue weighted by Gasteiger charge is 2.33. The van der Waals surface area contributed by atoms with Crippen molar-refractivity contribution in [2.45, 2.75) is 12.6 Å². The fourth-order valence-corrected chi connectivity index (χ4v) is 3.51. The van der Waals surface area contributed by atoms with Gasteiger partial charge in [0.15, 0.2) is 16.9 Å². The highest BCUT2D eigenvalue weighted by atomic mass is 19.4. The Hall–Kier alpha value is -4.14. The van der Waals surface area contributed by atoms with Crippen LogP contribution in [0.4, 0.5) is 13.2 Å². The molecule has 9 heteroatoms. The first-order chi connectivity index (χ1) is 15.0. The predicted molar refractivity (Wildman–Crippen MR) is 109 cm³/mol. The first kappa shape index (κ1) is 21.1. The van der Waals surface area contributed by atoms with Crippen LogP contribution in [-0.2, 0) is 12.6 Å². The lowest BCUT2D eigenvalue weighted by Crippen LogP contribution is -2.09. The lowest BCUT2D eigenvalue weighted by Gasteiger charge is -2.14. The van der Waals surface area contributed by atoms with Crippen LogP contribution < -0.4 is 5.43 Å². The van der Waals surface area contributed by atoms with Gasteiger partial charge in [-0.25, -0.2) is 0 Å². The molecule has 0 radical (unpaired) electrons. The van der Waals surface area contributed by atoms with E-state index in [2.05, 4.69) is 0 Å². The maximum atomic E-state index is 13.3. The molecule has 3 aromatic carbocycles. The lowest BCUT2D eigenvalue weighted by molar-refractivity contribution is -0.138. The molecular weight excluding hydrogens is 429 g/mol. The summed E-state index contributed by atoms with van der Waals surface area (Å²) in [7, 11) is 0. The highest BCUT2D eigenvalue weighted by molar-refractivity contribution is 5.86. The van der Waals surface area contributed by atoms with E-state index in [0.717, 1.165) is 30.3 Å². The molecule has 0 atom stereocenters. The summed E-state index contributed by atoms with van der Waals surface area (Å²) >= 11 is 0. The molecule has 32 heavy (non-hydrogen) atoms. The molecule has 4 aromatic rings. The van der Waals surface area contributed by atoms with Crippen molar-refractivity contribution in [2.75, 3.05) is 0 Å². The van der Waals surface area contributed by atoms with Crippen LogP contribution in [0.15, 0.2) is 63.8 Å². The topological polar surface area (TPSA) is 111 Å². The summed E-state index contributed by atoms with van der Waals surface area (Å²) in [5.41, 5.74) is -1.72. The number of phenols is 4. The fraction of sp³-hybridized carbons (Fsp3) is 0.0870. The van der Waals surface area contributed by atoms with Gasteiger partial charge in [0.1, 0.15) is 28.2 Å². The number of aromatic hydroxyl groups is 4. The maximum Gasteiger partial charge on any atom is 0.416 e. The van der Waals surface area contributed by atoms with E-state index in [1.54, 1.807) is 0 Å². The minimum Gasteiger partial charge on any atom is -0.508 e. The van der Waals surface area contributed by atoms with Crippen molar-refractivity contribution in [1.82, 2.24) is 0 Å². The first-order valence-electron chi connectivity index (χ1n) is 9.24. The van der Waals surface area contributed by atoms with Crippen LogP contribution in [0, 0.1) is 0 Å². The van der Waals surface area contributed by atoms with E-state index in [9.17, 15) is 38.4 Å². The van der Waals surface area contributed by atoms with Crippen molar-refractivity contribution in [3.63, 3.8) is 0 Å². The number of fused-ring (bicyclic) bond motifs is 1. The molecule has 0 bridgehead atoms. The van der Waals surface area contributed by atoms with Crippen molar-refractivity contribution in [2.24, 2.45) is 0 Å². The van der Waals surface area contributed by atoms with Gasteiger partial charge in [-0.05, 0) is 23.8 Å². The summed E-state index contributed by atoms with van der Waals surface area (Å²) in [5.74, 6) is -2.16. The number of halogens is 3. The molecule has 0 fully saturated rings. The molecule has 1 heterocycles. The summed E-state index contributed by atoms with van der Waals surface area (Å²) in [6, 6.07) is 10.3. The van der Waals surface area contributed by atoms with Gasteiger partial charge in [-0.3, -0.25) is 4.79 Å². The molecule has 0 saturated carbocycles. The Morgan fingerprint density at radius 3 is 2.28 bits per heavy atom. The van der Waals surface area contributed by atoms with Crippen LogP contribution in [0.3, 0.4) is 0 Å². The summed E-state index contributed by atoms with van der Waals surface area (Å²) in [4.78, 5) is 12.4. The molecule has 0 amide bonds. The van der Waals surface area contributed by atoms with E-state index >= 15 is 0 Å². The van der Waals surface area contributed by atoms with E-state index < -0.39 is 34.4 Å². The Labute approximate surface area is 178 Å². The largest absolute Gasteiger partial charge is 0.508 e. The van der Waals surface area contributed by atoms with Gasteiger partial charge < -0.3 is 24.8 Å². The average Bonchev–Trinajstić information content (AvgIpc) is 2.70. The summed E-state index contributed by atoms with van der Waals surface area (Å²) in [5, 5.41) is 39.8. The smallest absolute Gasteiger partial charge is 0.416 e. The summed E-state index contributed by atoms with van der Waals surface area (Å²) < 4.78 is 45.6. The van der Waals surface area contributed by atoms with Gasteiger partial charge in [0.25, 0.3) is 0 Å².